The van der Waals surface area contributed by atoms with Gasteiger partial charge < -0.3 is 5.32 Å². The maximum Gasteiger partial charge on any atom is 0.261 e. The number of hydrogen-bond acceptors (Lipinski definition) is 5. The summed E-state index contributed by atoms with van der Waals surface area (Å²) in [6, 6.07) is 20.0. The number of carbonyl (C=O) groups excluding carboxylic acids is 1. The Morgan fingerprint density at radius 3 is 2.36 bits per heavy atom. The van der Waals surface area contributed by atoms with Crippen LogP contribution in [0.4, 0.5) is 11.4 Å². The summed E-state index contributed by atoms with van der Waals surface area (Å²) in [7, 11) is -7.43. The van der Waals surface area contributed by atoms with Gasteiger partial charge in [0, 0.05) is 18.8 Å². The molecule has 3 aromatic rings. The first-order valence-corrected chi connectivity index (χ1v) is 16.3. The number of piperidine rings is 1. The van der Waals surface area contributed by atoms with Crippen LogP contribution in [0.2, 0.25) is 10.0 Å². The summed E-state index contributed by atoms with van der Waals surface area (Å²) in [4.78, 5) is 12.9. The number of nitrogens with zero attached hydrogens (tertiary/aromatic N) is 1. The Morgan fingerprint density at radius 1 is 0.923 bits per heavy atom. The molecule has 1 fully saturated rings. The van der Waals surface area contributed by atoms with Crippen LogP contribution in [0.5, 0.6) is 0 Å². The van der Waals surface area contributed by atoms with E-state index in [9.17, 15) is 21.6 Å². The minimum atomic E-state index is -3.95. The van der Waals surface area contributed by atoms with Crippen molar-refractivity contribution in [3.8, 4) is 0 Å². The SMILES string of the molecule is O=C(Nc1ccc(S(=O)(=O)Nc2cccc(Cl)c2Cl)cc1)[C@H]1CCCN(S(=O)(=O)CCCc2ccccc2)C1. The van der Waals surface area contributed by atoms with E-state index in [4.69, 9.17) is 23.2 Å². The number of anilines is 2. The molecule has 1 amide bonds. The largest absolute Gasteiger partial charge is 0.326 e. The molecular weight excluding hydrogens is 581 g/mol. The van der Waals surface area contributed by atoms with Gasteiger partial charge in [0.1, 0.15) is 0 Å². The van der Waals surface area contributed by atoms with Crippen molar-refractivity contribution in [3.05, 3.63) is 88.4 Å². The lowest BCUT2D eigenvalue weighted by Gasteiger charge is -2.31. The first-order chi connectivity index (χ1) is 18.5. The standard InChI is InChI=1S/C27H29Cl2N3O5S2/c28-24-11-4-12-25(26(24)29)31-39(36,37)23-15-13-22(14-16-23)30-27(33)21-10-5-17-32(19-21)38(34,35)18-6-9-20-7-2-1-3-8-20/h1-4,7-8,11-16,21,31H,5-6,9-10,17-19H2,(H,30,33)/t21-/m0/s1. The fraction of sp³-hybridized carbons (Fsp3) is 0.296. The zero-order valence-corrected chi connectivity index (χ0v) is 24.2. The highest BCUT2D eigenvalue weighted by molar-refractivity contribution is 7.92. The lowest BCUT2D eigenvalue weighted by atomic mass is 9.99. The zero-order chi connectivity index (χ0) is 28.0. The van der Waals surface area contributed by atoms with Gasteiger partial charge in [-0.3, -0.25) is 9.52 Å². The predicted octanol–water partition coefficient (Wildman–Crippen LogP) is 5.41. The average Bonchev–Trinajstić information content (AvgIpc) is 2.92. The van der Waals surface area contributed by atoms with Crippen LogP contribution in [-0.2, 0) is 31.3 Å². The van der Waals surface area contributed by atoms with E-state index >= 15 is 0 Å². The summed E-state index contributed by atoms with van der Waals surface area (Å²) in [6.45, 7) is 0.518. The third kappa shape index (κ3) is 7.73. The highest BCUT2D eigenvalue weighted by Gasteiger charge is 2.32. The molecule has 1 atom stereocenters. The van der Waals surface area contributed by atoms with Crippen LogP contribution >= 0.6 is 23.2 Å². The van der Waals surface area contributed by atoms with Crippen LogP contribution in [0.1, 0.15) is 24.8 Å². The summed E-state index contributed by atoms with van der Waals surface area (Å²) in [6.07, 6.45) is 2.34. The van der Waals surface area contributed by atoms with E-state index in [2.05, 4.69) is 10.0 Å². The van der Waals surface area contributed by atoms with Gasteiger partial charge in [-0.05, 0) is 67.6 Å². The maximum atomic E-state index is 12.9. The van der Waals surface area contributed by atoms with E-state index in [1.54, 1.807) is 12.1 Å². The van der Waals surface area contributed by atoms with Crippen molar-refractivity contribution in [1.29, 1.82) is 0 Å². The Morgan fingerprint density at radius 2 is 1.64 bits per heavy atom. The number of sulfonamides is 2. The highest BCUT2D eigenvalue weighted by Crippen LogP contribution is 2.31. The van der Waals surface area contributed by atoms with E-state index in [0.29, 0.717) is 37.9 Å². The number of hydrogen-bond donors (Lipinski definition) is 2. The quantitative estimate of drug-likeness (QED) is 0.319. The third-order valence-corrected chi connectivity index (χ3v) is 10.6. The molecule has 3 aromatic carbocycles. The first kappa shape index (κ1) is 29.4. The van der Waals surface area contributed by atoms with Gasteiger partial charge in [-0.25, -0.2) is 21.1 Å². The molecule has 0 aliphatic carbocycles. The van der Waals surface area contributed by atoms with Gasteiger partial charge in [0.15, 0.2) is 0 Å². The fourth-order valence-corrected chi connectivity index (χ4v) is 7.45. The van der Waals surface area contributed by atoms with Crippen molar-refractivity contribution < 1.29 is 21.6 Å². The summed E-state index contributed by atoms with van der Waals surface area (Å²) < 4.78 is 55.2. The van der Waals surface area contributed by atoms with E-state index in [0.717, 1.165) is 5.56 Å². The molecule has 0 spiro atoms. The molecular formula is C27H29Cl2N3O5S2. The Labute approximate surface area is 239 Å². The van der Waals surface area contributed by atoms with Crippen molar-refractivity contribution >= 4 is 60.5 Å². The number of nitrogens with one attached hydrogen (secondary N) is 2. The Bertz CT molecular complexity index is 1520. The second-order valence-corrected chi connectivity index (χ2v) is 13.9. The molecule has 1 saturated heterocycles. The lowest BCUT2D eigenvalue weighted by Crippen LogP contribution is -2.44. The van der Waals surface area contributed by atoms with Gasteiger partial charge in [-0.1, -0.05) is 59.6 Å². The lowest BCUT2D eigenvalue weighted by molar-refractivity contribution is -0.120. The van der Waals surface area contributed by atoms with Gasteiger partial charge in [-0.15, -0.1) is 0 Å². The van der Waals surface area contributed by atoms with E-state index in [1.165, 1.54) is 34.6 Å². The zero-order valence-electron chi connectivity index (χ0n) is 21.0. The van der Waals surface area contributed by atoms with Crippen molar-refractivity contribution in [2.45, 2.75) is 30.6 Å². The molecule has 0 bridgehead atoms. The molecule has 8 nitrogen and oxygen atoms in total. The van der Waals surface area contributed by atoms with Crippen LogP contribution in [0, 0.1) is 5.92 Å². The average molecular weight is 611 g/mol. The molecule has 0 aromatic heterocycles. The van der Waals surface area contributed by atoms with Crippen LogP contribution in [0.25, 0.3) is 0 Å². The summed E-state index contributed by atoms with van der Waals surface area (Å²) >= 11 is 12.0. The van der Waals surface area contributed by atoms with Gasteiger partial charge in [0.2, 0.25) is 15.9 Å². The Hall–Kier alpha value is -2.63. The molecule has 39 heavy (non-hydrogen) atoms. The molecule has 2 N–H and O–H groups in total. The van der Waals surface area contributed by atoms with Gasteiger partial charge in [0.05, 0.1) is 32.3 Å². The number of rotatable bonds is 10. The number of benzene rings is 3. The van der Waals surface area contributed by atoms with Crippen molar-refractivity contribution in [3.63, 3.8) is 0 Å². The van der Waals surface area contributed by atoms with Crippen LogP contribution in [-0.4, -0.2) is 45.9 Å². The molecule has 1 aliphatic rings. The monoisotopic (exact) mass is 609 g/mol. The summed E-state index contributed by atoms with van der Waals surface area (Å²) in [5.74, 6) is -0.781. The van der Waals surface area contributed by atoms with Crippen molar-refractivity contribution in [1.82, 2.24) is 4.31 Å². The Balaban J connectivity index is 1.33. The summed E-state index contributed by atoms with van der Waals surface area (Å²) in [5, 5.41) is 3.09. The number of carbonyl (C=O) groups is 1. The van der Waals surface area contributed by atoms with Gasteiger partial charge in [0.25, 0.3) is 10.0 Å². The highest BCUT2D eigenvalue weighted by atomic mass is 35.5. The van der Waals surface area contributed by atoms with Gasteiger partial charge >= 0.3 is 0 Å². The predicted molar refractivity (Wildman–Crippen MR) is 155 cm³/mol. The normalized spacial score (nSPS) is 16.5. The molecule has 1 heterocycles. The molecule has 0 unspecified atom stereocenters. The van der Waals surface area contributed by atoms with Crippen LogP contribution < -0.4 is 10.0 Å². The molecule has 1 aliphatic heterocycles. The molecule has 208 valence electrons. The number of amides is 1. The first-order valence-electron chi connectivity index (χ1n) is 12.4. The fourth-order valence-electron chi connectivity index (χ4n) is 4.39. The second-order valence-electron chi connectivity index (χ2n) is 9.32. The Kier molecular flexibility index (Phi) is 9.56. The van der Waals surface area contributed by atoms with Crippen LogP contribution in [0.15, 0.2) is 77.7 Å². The second kappa shape index (κ2) is 12.7. The molecule has 0 saturated carbocycles. The summed E-state index contributed by atoms with van der Waals surface area (Å²) in [5.41, 5.74) is 1.65. The number of halogens is 2. The van der Waals surface area contributed by atoms with E-state index in [1.807, 2.05) is 30.3 Å². The molecule has 4 rings (SSSR count). The molecule has 12 heteroatoms. The van der Waals surface area contributed by atoms with Crippen LogP contribution in [0.3, 0.4) is 0 Å². The molecule has 0 radical (unpaired) electrons. The third-order valence-electron chi connectivity index (χ3n) is 6.49. The minimum absolute atomic E-state index is 0.0259. The maximum absolute atomic E-state index is 12.9. The van der Waals surface area contributed by atoms with Crippen molar-refractivity contribution in [2.24, 2.45) is 5.92 Å². The minimum Gasteiger partial charge on any atom is -0.326 e. The van der Waals surface area contributed by atoms with Gasteiger partial charge in [-0.2, -0.15) is 0 Å². The number of aryl methyl sites for hydroxylation is 1. The smallest absolute Gasteiger partial charge is 0.261 e. The van der Waals surface area contributed by atoms with E-state index in [-0.39, 0.29) is 38.8 Å². The van der Waals surface area contributed by atoms with Crippen molar-refractivity contribution in [2.75, 3.05) is 28.9 Å². The topological polar surface area (TPSA) is 113 Å². The van der Waals surface area contributed by atoms with E-state index < -0.39 is 26.0 Å².